The number of carbonyl (C=O) groups excluding carboxylic acids is 1. The molecule has 1 amide bonds. The van der Waals surface area contributed by atoms with Gasteiger partial charge in [-0.15, -0.1) is 0 Å². The molecule has 0 aliphatic carbocycles. The summed E-state index contributed by atoms with van der Waals surface area (Å²) in [5, 5.41) is 7.20. The van der Waals surface area contributed by atoms with Gasteiger partial charge in [0.2, 0.25) is 0 Å². The molecule has 5 nitrogen and oxygen atoms in total. The third-order valence-electron chi connectivity index (χ3n) is 2.18. The van der Waals surface area contributed by atoms with Gasteiger partial charge in [0.15, 0.2) is 0 Å². The summed E-state index contributed by atoms with van der Waals surface area (Å²) in [5.41, 5.74) is 1.31. The van der Waals surface area contributed by atoms with E-state index in [4.69, 9.17) is 11.6 Å². The van der Waals surface area contributed by atoms with Crippen LogP contribution in [0.3, 0.4) is 0 Å². The van der Waals surface area contributed by atoms with Gasteiger partial charge in [-0.2, -0.15) is 5.10 Å². The van der Waals surface area contributed by atoms with Crippen molar-refractivity contribution in [3.05, 3.63) is 39.2 Å². The summed E-state index contributed by atoms with van der Waals surface area (Å²) < 4.78 is 7.19. The van der Waals surface area contributed by atoms with Gasteiger partial charge in [0.25, 0.3) is 0 Å². The van der Waals surface area contributed by atoms with Gasteiger partial charge in [0.05, 0.1) is 27.6 Å². The van der Waals surface area contributed by atoms with Crippen LogP contribution in [0.5, 0.6) is 0 Å². The van der Waals surface area contributed by atoms with E-state index in [-0.39, 0.29) is 0 Å². The number of nitrogens with zero attached hydrogens (tertiary/aromatic N) is 2. The van der Waals surface area contributed by atoms with Crippen molar-refractivity contribution in [3.8, 4) is 5.69 Å². The molecular weight excluding hydrogens is 368 g/mol. The van der Waals surface area contributed by atoms with Crippen molar-refractivity contribution < 1.29 is 9.53 Å². The molecule has 0 spiro atoms. The third kappa shape index (κ3) is 2.94. The number of aromatic nitrogens is 2. The molecule has 2 aromatic rings. The lowest BCUT2D eigenvalue weighted by Crippen LogP contribution is -2.11. The molecule has 1 aromatic carbocycles. The minimum absolute atomic E-state index is 0.489. The van der Waals surface area contributed by atoms with Gasteiger partial charge < -0.3 is 4.74 Å². The number of amides is 1. The average Bonchev–Trinajstić information content (AvgIpc) is 2.75. The zero-order valence-corrected chi connectivity index (χ0v) is 12.3. The van der Waals surface area contributed by atoms with Crippen LogP contribution in [0.15, 0.2) is 30.6 Å². The second-order valence-electron chi connectivity index (χ2n) is 3.39. The summed E-state index contributed by atoms with van der Waals surface area (Å²) in [6.45, 7) is 0. The molecule has 0 fully saturated rings. The average molecular weight is 378 g/mol. The van der Waals surface area contributed by atoms with E-state index in [9.17, 15) is 4.79 Å². The van der Waals surface area contributed by atoms with Crippen molar-refractivity contribution in [3.63, 3.8) is 0 Å². The van der Waals surface area contributed by atoms with Crippen LogP contribution < -0.4 is 5.32 Å². The second kappa shape index (κ2) is 5.57. The van der Waals surface area contributed by atoms with E-state index < -0.39 is 6.09 Å². The first-order chi connectivity index (χ1) is 8.60. The van der Waals surface area contributed by atoms with Gasteiger partial charge in [-0.3, -0.25) is 5.32 Å². The van der Waals surface area contributed by atoms with Crippen molar-refractivity contribution in [2.24, 2.45) is 0 Å². The summed E-state index contributed by atoms with van der Waals surface area (Å²) in [4.78, 5) is 11.1. The van der Waals surface area contributed by atoms with Gasteiger partial charge in [0, 0.05) is 11.9 Å². The highest BCUT2D eigenvalue weighted by Crippen LogP contribution is 2.24. The van der Waals surface area contributed by atoms with Gasteiger partial charge in [0.1, 0.15) is 0 Å². The minimum Gasteiger partial charge on any atom is -0.453 e. The fraction of sp³-hybridized carbons (Fsp3) is 0.0909. The van der Waals surface area contributed by atoms with Crippen molar-refractivity contribution in [1.29, 1.82) is 0 Å². The Labute approximate surface area is 122 Å². The van der Waals surface area contributed by atoms with Crippen LogP contribution in [-0.2, 0) is 4.74 Å². The van der Waals surface area contributed by atoms with Gasteiger partial charge in [-0.25, -0.2) is 9.48 Å². The highest BCUT2D eigenvalue weighted by Gasteiger charge is 2.07. The Balaban J connectivity index is 2.28. The Bertz CT molecular complexity index is 585. The van der Waals surface area contributed by atoms with Crippen LogP contribution in [-0.4, -0.2) is 23.0 Å². The lowest BCUT2D eigenvalue weighted by molar-refractivity contribution is 0.187. The molecule has 18 heavy (non-hydrogen) atoms. The Morgan fingerprint density at radius 3 is 2.89 bits per heavy atom. The number of nitrogens with one attached hydrogen (secondary N) is 1. The van der Waals surface area contributed by atoms with Crippen molar-refractivity contribution >= 4 is 46.0 Å². The van der Waals surface area contributed by atoms with E-state index >= 15 is 0 Å². The molecule has 0 unspecified atom stereocenters. The quantitative estimate of drug-likeness (QED) is 0.817. The van der Waals surface area contributed by atoms with Gasteiger partial charge >= 0.3 is 6.09 Å². The van der Waals surface area contributed by atoms with E-state index in [0.29, 0.717) is 10.7 Å². The molecule has 0 radical (unpaired) electrons. The number of hydrogen-bond donors (Lipinski definition) is 1. The maximum Gasteiger partial charge on any atom is 0.411 e. The van der Waals surface area contributed by atoms with Gasteiger partial charge in [-0.1, -0.05) is 11.6 Å². The zero-order chi connectivity index (χ0) is 13.1. The first-order valence-electron chi connectivity index (χ1n) is 4.95. The monoisotopic (exact) mass is 377 g/mol. The molecule has 7 heteroatoms. The summed E-state index contributed by atoms with van der Waals surface area (Å²) in [7, 11) is 1.30. The van der Waals surface area contributed by atoms with Crippen LogP contribution >= 0.6 is 34.2 Å². The molecule has 0 aliphatic rings. The van der Waals surface area contributed by atoms with Crippen LogP contribution in [0, 0.1) is 3.57 Å². The molecule has 94 valence electrons. The smallest absolute Gasteiger partial charge is 0.411 e. The highest BCUT2D eigenvalue weighted by atomic mass is 127. The molecule has 0 atom stereocenters. The van der Waals surface area contributed by atoms with Crippen molar-refractivity contribution in [1.82, 2.24) is 9.78 Å². The van der Waals surface area contributed by atoms with E-state index in [1.807, 2.05) is 6.20 Å². The standard InChI is InChI=1S/C11H9ClIN3O2/c1-18-11(17)15-8-2-3-10(9(12)4-8)16-6-7(13)5-14-16/h2-6H,1H3,(H,15,17). The minimum atomic E-state index is -0.535. The summed E-state index contributed by atoms with van der Waals surface area (Å²) in [6, 6.07) is 5.14. The van der Waals surface area contributed by atoms with E-state index in [1.165, 1.54) is 7.11 Å². The predicted octanol–water partition coefficient (Wildman–Crippen LogP) is 3.31. The zero-order valence-electron chi connectivity index (χ0n) is 9.35. The molecule has 0 saturated carbocycles. The molecule has 1 N–H and O–H groups in total. The Morgan fingerprint density at radius 1 is 1.56 bits per heavy atom. The fourth-order valence-corrected chi connectivity index (χ4v) is 2.03. The summed E-state index contributed by atoms with van der Waals surface area (Å²) >= 11 is 8.31. The van der Waals surface area contributed by atoms with E-state index in [0.717, 1.165) is 9.26 Å². The highest BCUT2D eigenvalue weighted by molar-refractivity contribution is 14.1. The molecule has 0 saturated heterocycles. The molecular formula is C11H9ClIN3O2. The number of rotatable bonds is 2. The molecule has 1 heterocycles. The van der Waals surface area contributed by atoms with Crippen LogP contribution in [0.1, 0.15) is 0 Å². The van der Waals surface area contributed by atoms with Crippen LogP contribution in [0.25, 0.3) is 5.69 Å². The topological polar surface area (TPSA) is 56.1 Å². The van der Waals surface area contributed by atoms with Gasteiger partial charge in [-0.05, 0) is 40.8 Å². The lowest BCUT2D eigenvalue weighted by Gasteiger charge is -2.07. The second-order valence-corrected chi connectivity index (χ2v) is 5.04. The summed E-state index contributed by atoms with van der Waals surface area (Å²) in [5.74, 6) is 0. The number of ether oxygens (including phenoxy) is 1. The molecule has 0 bridgehead atoms. The Morgan fingerprint density at radius 2 is 2.33 bits per heavy atom. The van der Waals surface area contributed by atoms with Crippen LogP contribution in [0.4, 0.5) is 10.5 Å². The van der Waals surface area contributed by atoms with Crippen molar-refractivity contribution in [2.45, 2.75) is 0 Å². The first kappa shape index (κ1) is 13.2. The number of benzene rings is 1. The lowest BCUT2D eigenvalue weighted by atomic mass is 10.3. The number of halogens is 2. The largest absolute Gasteiger partial charge is 0.453 e. The number of methoxy groups -OCH3 is 1. The summed E-state index contributed by atoms with van der Waals surface area (Å²) in [6.07, 6.45) is 3.06. The Hall–Kier alpha value is -1.28. The predicted molar refractivity (Wildman–Crippen MR) is 77.3 cm³/mol. The number of anilines is 1. The SMILES string of the molecule is COC(=O)Nc1ccc(-n2cc(I)cn2)c(Cl)c1. The first-order valence-corrected chi connectivity index (χ1v) is 6.41. The number of hydrogen-bond acceptors (Lipinski definition) is 3. The maximum absolute atomic E-state index is 11.1. The number of carbonyl (C=O) groups is 1. The fourth-order valence-electron chi connectivity index (χ4n) is 1.37. The Kier molecular flexibility index (Phi) is 4.07. The maximum atomic E-state index is 11.1. The van der Waals surface area contributed by atoms with E-state index in [2.05, 4.69) is 37.7 Å². The molecule has 0 aliphatic heterocycles. The third-order valence-corrected chi connectivity index (χ3v) is 3.04. The molecule has 1 aromatic heterocycles. The van der Waals surface area contributed by atoms with Crippen molar-refractivity contribution in [2.75, 3.05) is 12.4 Å². The normalized spacial score (nSPS) is 10.2. The van der Waals surface area contributed by atoms with Crippen LogP contribution in [0.2, 0.25) is 5.02 Å². The van der Waals surface area contributed by atoms with E-state index in [1.54, 1.807) is 29.1 Å². The molecule has 2 rings (SSSR count).